The van der Waals surface area contributed by atoms with Crippen molar-refractivity contribution in [2.45, 2.75) is 92.9 Å². The second kappa shape index (κ2) is 11.6. The lowest BCUT2D eigenvalue weighted by Gasteiger charge is -2.46. The molecule has 3 aliphatic heterocycles. The van der Waals surface area contributed by atoms with Crippen molar-refractivity contribution in [1.82, 2.24) is 0 Å². The van der Waals surface area contributed by atoms with Crippen LogP contribution in [0, 0.1) is 5.92 Å². The predicted octanol–water partition coefficient (Wildman–Crippen LogP) is -6.30. The van der Waals surface area contributed by atoms with Gasteiger partial charge < -0.3 is 74.7 Å². The first-order chi connectivity index (χ1) is 16.0. The Morgan fingerprint density at radius 3 is 1.71 bits per heavy atom. The van der Waals surface area contributed by atoms with Crippen LogP contribution in [0.25, 0.3) is 0 Å². The molecular weight excluding hydrogens is 468 g/mol. The zero-order valence-electron chi connectivity index (χ0n) is 18.3. The van der Waals surface area contributed by atoms with Crippen molar-refractivity contribution >= 4 is 0 Å². The highest BCUT2D eigenvalue weighted by Crippen LogP contribution is 2.31. The van der Waals surface area contributed by atoms with Gasteiger partial charge in [-0.3, -0.25) is 0 Å². The van der Waals surface area contributed by atoms with Gasteiger partial charge in [0, 0.05) is 5.92 Å². The van der Waals surface area contributed by atoms with Crippen molar-refractivity contribution in [2.24, 2.45) is 5.92 Å². The van der Waals surface area contributed by atoms with Crippen molar-refractivity contribution in [3.05, 3.63) is 0 Å². The molecule has 0 bridgehead atoms. The Labute approximate surface area is 194 Å². The molecule has 200 valence electrons. The average molecular weight is 502 g/mol. The molecule has 7 unspecified atom stereocenters. The van der Waals surface area contributed by atoms with E-state index in [1.165, 1.54) is 6.92 Å². The van der Waals surface area contributed by atoms with Crippen LogP contribution in [0.5, 0.6) is 0 Å². The van der Waals surface area contributed by atoms with Crippen molar-refractivity contribution in [3.8, 4) is 0 Å². The fraction of sp³-hybridized carbons (Fsp3) is 1.00. The van der Waals surface area contributed by atoms with Crippen LogP contribution in [-0.4, -0.2) is 157 Å². The predicted molar refractivity (Wildman–Crippen MR) is 104 cm³/mol. The minimum Gasteiger partial charge on any atom is -0.394 e. The monoisotopic (exact) mass is 502 g/mol. The van der Waals surface area contributed by atoms with E-state index < -0.39 is 112 Å². The lowest BCUT2D eigenvalue weighted by Crippen LogP contribution is -2.64. The maximum absolute atomic E-state index is 10.4. The number of hydrogen-bond donors (Lipinski definition) is 10. The molecule has 15 nitrogen and oxygen atoms in total. The van der Waals surface area contributed by atoms with E-state index in [9.17, 15) is 51.1 Å². The van der Waals surface area contributed by atoms with Gasteiger partial charge in [-0.2, -0.15) is 0 Å². The Morgan fingerprint density at radius 1 is 0.588 bits per heavy atom. The topological polar surface area (TPSA) is 248 Å². The van der Waals surface area contributed by atoms with Crippen molar-refractivity contribution in [2.75, 3.05) is 19.8 Å². The van der Waals surface area contributed by atoms with E-state index in [4.69, 9.17) is 23.7 Å². The zero-order chi connectivity index (χ0) is 25.3. The minimum atomic E-state index is -1.79. The van der Waals surface area contributed by atoms with Gasteiger partial charge in [0.2, 0.25) is 0 Å². The third-order valence-electron chi connectivity index (χ3n) is 6.42. The van der Waals surface area contributed by atoms with Crippen LogP contribution in [0.4, 0.5) is 0 Å². The SMILES string of the molecule is CC1C(O)OC(CO)[C@@H](O[C@@H]2OC(CO[C@H]3OC(CO)[C@@H](O)[C@H](O)C3O)[C@@H](O)[C@H](O)C2O)[C@H]1O. The van der Waals surface area contributed by atoms with E-state index in [1.54, 1.807) is 0 Å². The summed E-state index contributed by atoms with van der Waals surface area (Å²) < 4.78 is 26.8. The summed E-state index contributed by atoms with van der Waals surface area (Å²) in [5, 5.41) is 99.7. The lowest BCUT2D eigenvalue weighted by molar-refractivity contribution is -0.358. The highest BCUT2D eigenvalue weighted by molar-refractivity contribution is 4.94. The molecule has 0 aromatic carbocycles. The van der Waals surface area contributed by atoms with Crippen LogP contribution in [0.2, 0.25) is 0 Å². The highest BCUT2D eigenvalue weighted by atomic mass is 16.7. The standard InChI is InChI=1S/C19H34O15/c1-5-9(22)16(7(3-21)31-17(5)29)34-19-15(28)13(26)11(24)8(33-19)4-30-18-14(27)12(25)10(23)6(2-20)32-18/h5-29H,2-4H2,1H3/t5?,6?,7?,8?,9-,10+,11+,12-,13-,14?,15?,16+,17?,18-,19-/m0/s1. The molecule has 3 rings (SSSR count). The molecule has 0 aromatic heterocycles. The highest BCUT2D eigenvalue weighted by Gasteiger charge is 2.50. The van der Waals surface area contributed by atoms with E-state index in [-0.39, 0.29) is 0 Å². The van der Waals surface area contributed by atoms with Crippen LogP contribution >= 0.6 is 0 Å². The van der Waals surface area contributed by atoms with Crippen molar-refractivity contribution in [3.63, 3.8) is 0 Å². The van der Waals surface area contributed by atoms with Gasteiger partial charge in [0.25, 0.3) is 0 Å². The molecule has 0 radical (unpaired) electrons. The normalized spacial score (nSPS) is 52.5. The fourth-order valence-electron chi connectivity index (χ4n) is 4.10. The van der Waals surface area contributed by atoms with Gasteiger partial charge in [-0.25, -0.2) is 0 Å². The van der Waals surface area contributed by atoms with Crippen LogP contribution in [0.15, 0.2) is 0 Å². The number of aliphatic hydroxyl groups excluding tert-OH is 10. The third-order valence-corrected chi connectivity index (χ3v) is 6.42. The first-order valence-corrected chi connectivity index (χ1v) is 10.9. The average Bonchev–Trinajstić information content (AvgIpc) is 2.82. The summed E-state index contributed by atoms with van der Waals surface area (Å²) in [5.74, 6) is -0.825. The van der Waals surface area contributed by atoms with E-state index in [0.29, 0.717) is 0 Å². The number of rotatable bonds is 7. The largest absolute Gasteiger partial charge is 0.394 e. The summed E-state index contributed by atoms with van der Waals surface area (Å²) in [4.78, 5) is 0. The van der Waals surface area contributed by atoms with Gasteiger partial charge in [0.05, 0.1) is 25.9 Å². The summed E-state index contributed by atoms with van der Waals surface area (Å²) in [6.07, 6.45) is -21.2. The zero-order valence-corrected chi connectivity index (χ0v) is 18.3. The molecule has 10 N–H and O–H groups in total. The minimum absolute atomic E-state index is 0.560. The fourth-order valence-corrected chi connectivity index (χ4v) is 4.10. The molecule has 3 fully saturated rings. The maximum Gasteiger partial charge on any atom is 0.187 e. The molecule has 3 aliphatic rings. The van der Waals surface area contributed by atoms with Crippen molar-refractivity contribution < 1.29 is 74.7 Å². The Morgan fingerprint density at radius 2 is 1.12 bits per heavy atom. The molecule has 0 spiro atoms. The summed E-state index contributed by atoms with van der Waals surface area (Å²) in [6, 6.07) is 0. The maximum atomic E-state index is 10.4. The molecular formula is C19H34O15. The van der Waals surface area contributed by atoms with Crippen LogP contribution < -0.4 is 0 Å². The van der Waals surface area contributed by atoms with Crippen LogP contribution in [0.3, 0.4) is 0 Å². The van der Waals surface area contributed by atoms with Gasteiger partial charge in [0.15, 0.2) is 18.9 Å². The number of ether oxygens (including phenoxy) is 5. The van der Waals surface area contributed by atoms with E-state index >= 15 is 0 Å². The van der Waals surface area contributed by atoms with Crippen molar-refractivity contribution in [1.29, 1.82) is 0 Å². The Kier molecular flexibility index (Phi) is 9.57. The van der Waals surface area contributed by atoms with Gasteiger partial charge in [-0.1, -0.05) is 6.92 Å². The summed E-state index contributed by atoms with van der Waals surface area (Å²) in [5.41, 5.74) is 0. The summed E-state index contributed by atoms with van der Waals surface area (Å²) in [6.45, 7) is -0.425. The molecule has 34 heavy (non-hydrogen) atoms. The molecule has 0 amide bonds. The van der Waals surface area contributed by atoms with E-state index in [1.807, 2.05) is 0 Å². The number of hydrogen-bond acceptors (Lipinski definition) is 15. The van der Waals surface area contributed by atoms with Gasteiger partial charge in [0.1, 0.15) is 61.0 Å². The number of aliphatic hydroxyl groups is 10. The second-order valence-electron chi connectivity index (χ2n) is 8.74. The summed E-state index contributed by atoms with van der Waals surface area (Å²) in [7, 11) is 0. The lowest BCUT2D eigenvalue weighted by atomic mass is 9.92. The van der Waals surface area contributed by atoms with Gasteiger partial charge >= 0.3 is 0 Å². The van der Waals surface area contributed by atoms with Gasteiger partial charge in [-0.15, -0.1) is 0 Å². The third kappa shape index (κ3) is 5.54. The molecule has 3 saturated heterocycles. The molecule has 0 aliphatic carbocycles. The Bertz CT molecular complexity index is 637. The smallest absolute Gasteiger partial charge is 0.187 e. The molecule has 0 saturated carbocycles. The van der Waals surface area contributed by atoms with Gasteiger partial charge in [-0.05, 0) is 0 Å². The first-order valence-electron chi connectivity index (χ1n) is 10.9. The molecule has 15 atom stereocenters. The Hall–Kier alpha value is -0.600. The molecule has 0 aromatic rings. The summed E-state index contributed by atoms with van der Waals surface area (Å²) >= 11 is 0. The first kappa shape index (κ1) is 28.0. The van der Waals surface area contributed by atoms with Crippen LogP contribution in [-0.2, 0) is 23.7 Å². The Balaban J connectivity index is 1.66. The van der Waals surface area contributed by atoms with Crippen LogP contribution in [0.1, 0.15) is 6.92 Å². The second-order valence-corrected chi connectivity index (χ2v) is 8.74. The quantitative estimate of drug-likeness (QED) is 0.155. The molecule has 15 heteroatoms. The molecule has 3 heterocycles. The van der Waals surface area contributed by atoms with E-state index in [2.05, 4.69) is 0 Å². The van der Waals surface area contributed by atoms with E-state index in [0.717, 1.165) is 0 Å².